The molecule has 1 aliphatic rings. The van der Waals surface area contributed by atoms with Crippen molar-refractivity contribution in [3.63, 3.8) is 0 Å². The number of ketones is 1. The monoisotopic (exact) mass is 382 g/mol. The zero-order chi connectivity index (χ0) is 20.3. The van der Waals surface area contributed by atoms with Gasteiger partial charge in [-0.25, -0.2) is 0 Å². The van der Waals surface area contributed by atoms with E-state index in [1.165, 1.54) is 6.07 Å². The Morgan fingerprint density at radius 2 is 1.43 bits per heavy atom. The molecule has 0 aromatic heterocycles. The summed E-state index contributed by atoms with van der Waals surface area (Å²) in [6, 6.07) is 11.5. The van der Waals surface area contributed by atoms with Crippen molar-refractivity contribution in [2.75, 3.05) is 13.2 Å². The molecule has 0 aliphatic carbocycles. The number of nitrogens with one attached hydrogen (secondary N) is 2. The Morgan fingerprint density at radius 3 is 2.07 bits per heavy atom. The van der Waals surface area contributed by atoms with Gasteiger partial charge in [-0.3, -0.25) is 25.2 Å². The van der Waals surface area contributed by atoms with Crippen molar-refractivity contribution < 1.29 is 23.9 Å². The number of carbonyl (C=O) groups excluding carboxylic acids is 3. The van der Waals surface area contributed by atoms with E-state index in [9.17, 15) is 14.4 Å². The summed E-state index contributed by atoms with van der Waals surface area (Å²) in [6.07, 6.45) is 0. The minimum absolute atomic E-state index is 0.0541. The first-order valence-electron chi connectivity index (χ1n) is 8.91. The summed E-state index contributed by atoms with van der Waals surface area (Å²) in [5, 5.41) is 0. The minimum Gasteiger partial charge on any atom is -0.486 e. The highest BCUT2D eigenvalue weighted by Gasteiger charge is 2.20. The predicted octanol–water partition coefficient (Wildman–Crippen LogP) is 2.40. The maximum atomic E-state index is 12.2. The van der Waals surface area contributed by atoms with E-state index in [4.69, 9.17) is 9.47 Å². The second kappa shape index (κ2) is 7.72. The molecule has 0 saturated carbocycles. The second-order valence-corrected chi connectivity index (χ2v) is 7.42. The van der Waals surface area contributed by atoms with Gasteiger partial charge in [0, 0.05) is 11.1 Å². The molecule has 0 saturated heterocycles. The van der Waals surface area contributed by atoms with E-state index >= 15 is 0 Å². The first-order chi connectivity index (χ1) is 13.3. The van der Waals surface area contributed by atoms with Crippen LogP contribution in [-0.2, 0) is 10.2 Å². The van der Waals surface area contributed by atoms with E-state index in [0.717, 1.165) is 5.56 Å². The van der Waals surface area contributed by atoms with Gasteiger partial charge in [0.2, 0.25) is 0 Å². The highest BCUT2D eigenvalue weighted by Crippen LogP contribution is 2.30. The molecule has 0 bridgehead atoms. The van der Waals surface area contributed by atoms with Gasteiger partial charge >= 0.3 is 5.91 Å². The summed E-state index contributed by atoms with van der Waals surface area (Å²) in [5.41, 5.74) is 5.90. The lowest BCUT2D eigenvalue weighted by molar-refractivity contribution is -0.117. The normalized spacial score (nSPS) is 12.8. The number of hydrogen-bond acceptors (Lipinski definition) is 5. The van der Waals surface area contributed by atoms with Crippen LogP contribution in [0.3, 0.4) is 0 Å². The maximum Gasteiger partial charge on any atom is 0.310 e. The Bertz CT molecular complexity index is 913. The van der Waals surface area contributed by atoms with Gasteiger partial charge in [0.1, 0.15) is 13.2 Å². The zero-order valence-electron chi connectivity index (χ0n) is 16.0. The van der Waals surface area contributed by atoms with Crippen molar-refractivity contribution in [2.45, 2.75) is 26.2 Å². The van der Waals surface area contributed by atoms with Crippen LogP contribution in [0.25, 0.3) is 0 Å². The largest absolute Gasteiger partial charge is 0.486 e. The highest BCUT2D eigenvalue weighted by molar-refractivity contribution is 6.42. The van der Waals surface area contributed by atoms with Gasteiger partial charge in [-0.05, 0) is 29.2 Å². The lowest BCUT2D eigenvalue weighted by Gasteiger charge is -2.19. The molecule has 0 atom stereocenters. The number of Topliss-reactive ketones (excluding diaryl/α,β-unsaturated/α-hetero) is 1. The topological polar surface area (TPSA) is 93.7 Å². The van der Waals surface area contributed by atoms with Crippen molar-refractivity contribution in [3.05, 3.63) is 59.2 Å². The molecular weight excluding hydrogens is 360 g/mol. The summed E-state index contributed by atoms with van der Waals surface area (Å²) >= 11 is 0. The first kappa shape index (κ1) is 19.4. The fourth-order valence-electron chi connectivity index (χ4n) is 2.68. The Balaban J connectivity index is 1.60. The maximum absolute atomic E-state index is 12.2. The SMILES string of the molecule is CC(C)(C)c1ccc(C(=O)C(=O)NNC(=O)c2ccc3c(c2)OCCO3)cc1. The second-order valence-electron chi connectivity index (χ2n) is 7.42. The number of carbonyl (C=O) groups is 3. The number of hydrogen-bond donors (Lipinski definition) is 2. The number of hydrazine groups is 1. The fraction of sp³-hybridized carbons (Fsp3) is 0.286. The van der Waals surface area contributed by atoms with Crippen LogP contribution < -0.4 is 20.3 Å². The molecule has 2 aromatic rings. The standard InChI is InChI=1S/C21H22N2O5/c1-21(2,3)15-7-4-13(5-8-15)18(24)20(26)23-22-19(25)14-6-9-16-17(12-14)28-11-10-27-16/h4-9,12H,10-11H2,1-3H3,(H,22,25)(H,23,26). The predicted molar refractivity (Wildman–Crippen MR) is 103 cm³/mol. The quantitative estimate of drug-likeness (QED) is 0.483. The molecule has 7 heteroatoms. The molecule has 0 fully saturated rings. The third-order valence-electron chi connectivity index (χ3n) is 4.31. The molecule has 0 spiro atoms. The Morgan fingerprint density at radius 1 is 0.821 bits per heavy atom. The van der Waals surface area contributed by atoms with E-state index in [-0.39, 0.29) is 16.5 Å². The average Bonchev–Trinajstić information content (AvgIpc) is 2.70. The van der Waals surface area contributed by atoms with Gasteiger partial charge in [0.05, 0.1) is 0 Å². The van der Waals surface area contributed by atoms with E-state index in [2.05, 4.69) is 31.6 Å². The number of fused-ring (bicyclic) bond motifs is 1. The van der Waals surface area contributed by atoms with E-state index in [1.54, 1.807) is 24.3 Å². The van der Waals surface area contributed by atoms with Crippen LogP contribution in [0.2, 0.25) is 0 Å². The van der Waals surface area contributed by atoms with Crippen LogP contribution in [0, 0.1) is 0 Å². The Hall–Kier alpha value is -3.35. The van der Waals surface area contributed by atoms with Gasteiger partial charge in [0.15, 0.2) is 11.5 Å². The third-order valence-corrected chi connectivity index (χ3v) is 4.31. The molecule has 2 amide bonds. The minimum atomic E-state index is -0.922. The molecule has 0 unspecified atom stereocenters. The van der Waals surface area contributed by atoms with Crippen LogP contribution in [-0.4, -0.2) is 30.8 Å². The van der Waals surface area contributed by atoms with Crippen molar-refractivity contribution in [2.24, 2.45) is 0 Å². The van der Waals surface area contributed by atoms with Crippen LogP contribution in [0.4, 0.5) is 0 Å². The molecule has 28 heavy (non-hydrogen) atoms. The van der Waals surface area contributed by atoms with Gasteiger partial charge in [-0.2, -0.15) is 0 Å². The first-order valence-corrected chi connectivity index (χ1v) is 8.91. The Kier molecular flexibility index (Phi) is 5.35. The summed E-state index contributed by atoms with van der Waals surface area (Å²) in [7, 11) is 0. The molecule has 3 rings (SSSR count). The lowest BCUT2D eigenvalue weighted by Crippen LogP contribution is -2.44. The highest BCUT2D eigenvalue weighted by atomic mass is 16.6. The van der Waals surface area contributed by atoms with Crippen LogP contribution in [0.15, 0.2) is 42.5 Å². The zero-order valence-corrected chi connectivity index (χ0v) is 16.0. The number of amides is 2. The smallest absolute Gasteiger partial charge is 0.310 e. The molecule has 1 aliphatic heterocycles. The van der Waals surface area contributed by atoms with E-state index in [1.807, 2.05) is 12.1 Å². The molecule has 2 aromatic carbocycles. The van der Waals surface area contributed by atoms with Gasteiger partial charge < -0.3 is 9.47 Å². The number of benzene rings is 2. The van der Waals surface area contributed by atoms with Crippen LogP contribution in [0.1, 0.15) is 47.1 Å². The molecule has 146 valence electrons. The molecule has 7 nitrogen and oxygen atoms in total. The summed E-state index contributed by atoms with van der Waals surface area (Å²) in [4.78, 5) is 36.5. The number of rotatable bonds is 3. The summed E-state index contributed by atoms with van der Waals surface area (Å²) < 4.78 is 10.8. The fourth-order valence-corrected chi connectivity index (χ4v) is 2.68. The molecule has 2 N–H and O–H groups in total. The van der Waals surface area contributed by atoms with Crippen LogP contribution >= 0.6 is 0 Å². The Labute approximate surface area is 163 Å². The van der Waals surface area contributed by atoms with Crippen molar-refractivity contribution >= 4 is 17.6 Å². The van der Waals surface area contributed by atoms with Gasteiger partial charge in [0.25, 0.3) is 11.7 Å². The van der Waals surface area contributed by atoms with Gasteiger partial charge in [-0.1, -0.05) is 45.0 Å². The third kappa shape index (κ3) is 4.31. The van der Waals surface area contributed by atoms with E-state index in [0.29, 0.717) is 24.7 Å². The molecule has 1 heterocycles. The summed E-state index contributed by atoms with van der Waals surface area (Å²) in [6.45, 7) is 7.03. The van der Waals surface area contributed by atoms with Gasteiger partial charge in [-0.15, -0.1) is 0 Å². The molecular formula is C21H22N2O5. The number of ether oxygens (including phenoxy) is 2. The molecule has 0 radical (unpaired) electrons. The lowest BCUT2D eigenvalue weighted by atomic mass is 9.86. The van der Waals surface area contributed by atoms with E-state index < -0.39 is 17.6 Å². The van der Waals surface area contributed by atoms with Crippen molar-refractivity contribution in [1.29, 1.82) is 0 Å². The van der Waals surface area contributed by atoms with Crippen molar-refractivity contribution in [3.8, 4) is 11.5 Å². The average molecular weight is 382 g/mol. The summed E-state index contributed by atoms with van der Waals surface area (Å²) in [5.74, 6) is -1.21. The van der Waals surface area contributed by atoms with Crippen LogP contribution in [0.5, 0.6) is 11.5 Å². The van der Waals surface area contributed by atoms with Crippen molar-refractivity contribution in [1.82, 2.24) is 10.9 Å².